The molecule has 0 radical (unpaired) electrons. The molecule has 0 saturated carbocycles. The van der Waals surface area contributed by atoms with Crippen LogP contribution in [-0.2, 0) is 14.8 Å². The fraction of sp³-hybridized carbons (Fsp3) is 0.207. The molecule has 4 aromatic rings. The normalized spacial score (nSPS) is 13.9. The summed E-state index contributed by atoms with van der Waals surface area (Å²) < 4.78 is 32.8. The molecule has 1 aliphatic heterocycles. The smallest absolute Gasteiger partial charge is 0.323 e. The fourth-order valence-corrected chi connectivity index (χ4v) is 5.69. The van der Waals surface area contributed by atoms with Gasteiger partial charge in [-0.2, -0.15) is 4.31 Å². The van der Waals surface area contributed by atoms with E-state index in [4.69, 9.17) is 4.74 Å². The number of carbonyl (C=O) groups is 1. The standard InChI is InChI=1S/C29H30N6O4S/c1-20-6-10-23(11-7-20)32-29(36)33-24-12-8-22(9-13-24)27-21(2)19-30-28(34-27)31-25-4-3-5-26(18-25)40(37,38)35-14-16-39-17-15-35/h3-13,18-19H,14-17H2,1-2H3,(H,30,31,34)(H2,32,33,36). The first kappa shape index (κ1) is 27.3. The molecule has 0 bridgehead atoms. The van der Waals surface area contributed by atoms with Crippen molar-refractivity contribution in [3.8, 4) is 11.3 Å². The maximum Gasteiger partial charge on any atom is 0.323 e. The molecule has 2 heterocycles. The lowest BCUT2D eigenvalue weighted by Crippen LogP contribution is -2.40. The Balaban J connectivity index is 1.28. The second kappa shape index (κ2) is 11.8. The van der Waals surface area contributed by atoms with Crippen molar-refractivity contribution in [2.45, 2.75) is 18.7 Å². The Labute approximate surface area is 233 Å². The lowest BCUT2D eigenvalue weighted by molar-refractivity contribution is 0.0730. The van der Waals surface area contributed by atoms with Crippen LogP contribution in [0.3, 0.4) is 0 Å². The van der Waals surface area contributed by atoms with Gasteiger partial charge in [-0.05, 0) is 61.9 Å². The Morgan fingerprint density at radius 2 is 1.52 bits per heavy atom. The first-order valence-corrected chi connectivity index (χ1v) is 14.3. The van der Waals surface area contributed by atoms with Crippen molar-refractivity contribution in [2.75, 3.05) is 42.3 Å². The number of sulfonamides is 1. The highest BCUT2D eigenvalue weighted by atomic mass is 32.2. The highest BCUT2D eigenvalue weighted by molar-refractivity contribution is 7.89. The van der Waals surface area contributed by atoms with E-state index in [1.54, 1.807) is 42.6 Å². The van der Waals surface area contributed by atoms with Crippen molar-refractivity contribution in [2.24, 2.45) is 0 Å². The van der Waals surface area contributed by atoms with Crippen LogP contribution in [0.15, 0.2) is 83.9 Å². The largest absolute Gasteiger partial charge is 0.379 e. The maximum atomic E-state index is 13.1. The van der Waals surface area contributed by atoms with Gasteiger partial charge < -0.3 is 20.7 Å². The Hall–Kier alpha value is -4.32. The number of benzene rings is 3. The second-order valence-corrected chi connectivity index (χ2v) is 11.4. The van der Waals surface area contributed by atoms with Crippen molar-refractivity contribution in [1.29, 1.82) is 0 Å². The minimum atomic E-state index is -3.63. The van der Waals surface area contributed by atoms with E-state index < -0.39 is 10.0 Å². The number of aromatic nitrogens is 2. The molecule has 1 aromatic heterocycles. The van der Waals surface area contributed by atoms with E-state index in [-0.39, 0.29) is 10.9 Å². The lowest BCUT2D eigenvalue weighted by atomic mass is 10.1. The second-order valence-electron chi connectivity index (χ2n) is 9.42. The van der Waals surface area contributed by atoms with Crippen molar-refractivity contribution in [3.63, 3.8) is 0 Å². The topological polar surface area (TPSA) is 126 Å². The molecule has 11 heteroatoms. The quantitative estimate of drug-likeness (QED) is 0.286. The minimum absolute atomic E-state index is 0.196. The molecular formula is C29H30N6O4S. The van der Waals surface area contributed by atoms with Gasteiger partial charge in [-0.25, -0.2) is 23.2 Å². The first-order chi connectivity index (χ1) is 19.3. The van der Waals surface area contributed by atoms with Gasteiger partial charge in [0, 0.05) is 41.9 Å². The molecule has 0 unspecified atom stereocenters. The van der Waals surface area contributed by atoms with Crippen LogP contribution >= 0.6 is 0 Å². The van der Waals surface area contributed by atoms with Crippen molar-refractivity contribution in [3.05, 3.63) is 90.1 Å². The van der Waals surface area contributed by atoms with Crippen LogP contribution in [0.4, 0.5) is 27.8 Å². The summed E-state index contributed by atoms with van der Waals surface area (Å²) in [6.07, 6.45) is 1.71. The van der Waals surface area contributed by atoms with Crippen molar-refractivity contribution < 1.29 is 17.9 Å². The summed E-state index contributed by atoms with van der Waals surface area (Å²) >= 11 is 0. The zero-order valence-electron chi connectivity index (χ0n) is 22.2. The van der Waals surface area contributed by atoms with Gasteiger partial charge in [0.05, 0.1) is 23.8 Å². The summed E-state index contributed by atoms with van der Waals surface area (Å²) in [5, 5.41) is 8.77. The molecule has 206 valence electrons. The van der Waals surface area contributed by atoms with E-state index in [0.717, 1.165) is 16.7 Å². The molecule has 3 N–H and O–H groups in total. The van der Waals surface area contributed by atoms with E-state index in [1.165, 1.54) is 4.31 Å². The van der Waals surface area contributed by atoms with Crippen LogP contribution in [-0.4, -0.2) is 55.0 Å². The number of hydrogen-bond donors (Lipinski definition) is 3. The van der Waals surface area contributed by atoms with Crippen LogP contribution in [0.2, 0.25) is 0 Å². The third-order valence-corrected chi connectivity index (χ3v) is 8.29. The average Bonchev–Trinajstić information content (AvgIpc) is 2.96. The predicted molar refractivity (Wildman–Crippen MR) is 155 cm³/mol. The molecule has 40 heavy (non-hydrogen) atoms. The van der Waals surface area contributed by atoms with Crippen LogP contribution in [0.5, 0.6) is 0 Å². The molecule has 10 nitrogen and oxygen atoms in total. The third-order valence-electron chi connectivity index (χ3n) is 6.40. The number of anilines is 4. The SMILES string of the molecule is Cc1ccc(NC(=O)Nc2ccc(-c3nc(Nc4cccc(S(=O)(=O)N5CCOCC5)c4)ncc3C)cc2)cc1. The van der Waals surface area contributed by atoms with E-state index in [1.807, 2.05) is 50.2 Å². The number of carbonyl (C=O) groups excluding carboxylic acids is 1. The van der Waals surface area contributed by atoms with Crippen LogP contribution in [0, 0.1) is 13.8 Å². The summed E-state index contributed by atoms with van der Waals surface area (Å²) in [6.45, 7) is 5.33. The van der Waals surface area contributed by atoms with Gasteiger partial charge >= 0.3 is 6.03 Å². The third kappa shape index (κ3) is 6.45. The number of urea groups is 1. The summed E-state index contributed by atoms with van der Waals surface area (Å²) in [5.74, 6) is 0.334. The van der Waals surface area contributed by atoms with Crippen LogP contribution in [0.1, 0.15) is 11.1 Å². The number of hydrogen-bond acceptors (Lipinski definition) is 7. The van der Waals surface area contributed by atoms with Crippen LogP contribution < -0.4 is 16.0 Å². The van der Waals surface area contributed by atoms with E-state index >= 15 is 0 Å². The Morgan fingerprint density at radius 3 is 2.20 bits per heavy atom. The number of nitrogens with zero attached hydrogens (tertiary/aromatic N) is 3. The van der Waals surface area contributed by atoms with Gasteiger partial charge in [-0.1, -0.05) is 35.9 Å². The van der Waals surface area contributed by atoms with E-state index in [2.05, 4.69) is 25.9 Å². The first-order valence-electron chi connectivity index (χ1n) is 12.8. The molecule has 5 rings (SSSR count). The summed E-state index contributed by atoms with van der Waals surface area (Å²) in [6, 6.07) is 21.2. The van der Waals surface area contributed by atoms with Gasteiger partial charge in [-0.3, -0.25) is 0 Å². The number of morpholine rings is 1. The molecule has 1 fully saturated rings. The summed E-state index contributed by atoms with van der Waals surface area (Å²) in [5.41, 5.74) is 5.44. The molecule has 3 aromatic carbocycles. The number of ether oxygens (including phenoxy) is 1. The number of nitrogens with one attached hydrogen (secondary N) is 3. The van der Waals surface area contributed by atoms with Gasteiger partial charge in [0.2, 0.25) is 16.0 Å². The fourth-order valence-electron chi connectivity index (χ4n) is 4.24. The molecule has 0 atom stereocenters. The van der Waals surface area contributed by atoms with Gasteiger partial charge in [-0.15, -0.1) is 0 Å². The van der Waals surface area contributed by atoms with Gasteiger partial charge in [0.25, 0.3) is 0 Å². The van der Waals surface area contributed by atoms with Crippen LogP contribution in [0.25, 0.3) is 11.3 Å². The number of amides is 2. The molecule has 2 amide bonds. The summed E-state index contributed by atoms with van der Waals surface area (Å²) in [4.78, 5) is 21.6. The monoisotopic (exact) mass is 558 g/mol. The van der Waals surface area contributed by atoms with Gasteiger partial charge in [0.1, 0.15) is 0 Å². The number of rotatable bonds is 7. The Morgan fingerprint density at radius 1 is 0.875 bits per heavy atom. The average molecular weight is 559 g/mol. The lowest BCUT2D eigenvalue weighted by Gasteiger charge is -2.26. The summed E-state index contributed by atoms with van der Waals surface area (Å²) in [7, 11) is -3.63. The molecule has 0 aliphatic carbocycles. The minimum Gasteiger partial charge on any atom is -0.379 e. The highest BCUT2D eigenvalue weighted by Crippen LogP contribution is 2.26. The molecule has 0 spiro atoms. The Kier molecular flexibility index (Phi) is 8.06. The molecule has 1 saturated heterocycles. The van der Waals surface area contributed by atoms with Crippen molar-refractivity contribution >= 4 is 39.1 Å². The van der Waals surface area contributed by atoms with E-state index in [9.17, 15) is 13.2 Å². The molecular weight excluding hydrogens is 528 g/mol. The van der Waals surface area contributed by atoms with Crippen molar-refractivity contribution in [1.82, 2.24) is 14.3 Å². The van der Waals surface area contributed by atoms with Gasteiger partial charge in [0.15, 0.2) is 0 Å². The number of aryl methyl sites for hydroxylation is 2. The predicted octanol–water partition coefficient (Wildman–Crippen LogP) is 5.17. The Bertz CT molecular complexity index is 1600. The van der Waals surface area contributed by atoms with E-state index in [0.29, 0.717) is 55.0 Å². The maximum absolute atomic E-state index is 13.1. The highest BCUT2D eigenvalue weighted by Gasteiger charge is 2.26. The zero-order chi connectivity index (χ0) is 28.1. The zero-order valence-corrected chi connectivity index (χ0v) is 23.0. The molecule has 1 aliphatic rings.